The topological polar surface area (TPSA) is 21.3 Å². The van der Waals surface area contributed by atoms with Crippen LogP contribution in [0.25, 0.3) is 0 Å². The number of hydrogen-bond donors (Lipinski definition) is 1. The SMILES string of the molecule is CC1(C)OCC(=S)N[C@](C)(c2cc(Br)ccc2F)C1(F)F. The van der Waals surface area contributed by atoms with Crippen LogP contribution in [0.1, 0.15) is 26.3 Å². The largest absolute Gasteiger partial charge is 0.363 e. The molecule has 1 aliphatic rings. The highest BCUT2D eigenvalue weighted by atomic mass is 79.9. The first kappa shape index (κ1) is 16.7. The summed E-state index contributed by atoms with van der Waals surface area (Å²) in [6, 6.07) is 3.93. The van der Waals surface area contributed by atoms with Crippen molar-refractivity contribution in [2.24, 2.45) is 0 Å². The molecule has 0 radical (unpaired) electrons. The molecule has 1 atom stereocenters. The number of halogens is 4. The van der Waals surface area contributed by atoms with Gasteiger partial charge in [-0.1, -0.05) is 28.1 Å². The van der Waals surface area contributed by atoms with Gasteiger partial charge in [-0.15, -0.1) is 0 Å². The third-order valence-electron chi connectivity index (χ3n) is 3.80. The molecule has 1 saturated heterocycles. The minimum absolute atomic E-state index is 0.113. The molecule has 2 rings (SSSR count). The molecule has 0 bridgehead atoms. The second-order valence-corrected chi connectivity index (χ2v) is 7.08. The fourth-order valence-corrected chi connectivity index (χ4v) is 3.07. The lowest BCUT2D eigenvalue weighted by molar-refractivity contribution is -0.216. The Morgan fingerprint density at radius 3 is 2.52 bits per heavy atom. The number of rotatable bonds is 1. The van der Waals surface area contributed by atoms with Crippen LogP contribution >= 0.6 is 28.1 Å². The Morgan fingerprint density at radius 1 is 1.29 bits per heavy atom. The van der Waals surface area contributed by atoms with E-state index in [1.165, 1.54) is 32.9 Å². The van der Waals surface area contributed by atoms with Gasteiger partial charge in [0.05, 0.1) is 6.61 Å². The molecule has 0 aromatic heterocycles. The summed E-state index contributed by atoms with van der Waals surface area (Å²) in [7, 11) is 0. The van der Waals surface area contributed by atoms with E-state index in [1.54, 1.807) is 0 Å². The number of ether oxygens (including phenoxy) is 1. The third-order valence-corrected chi connectivity index (χ3v) is 4.52. The Labute approximate surface area is 135 Å². The molecule has 7 heteroatoms. The monoisotopic (exact) mass is 381 g/mol. The number of alkyl halides is 2. The zero-order chi connectivity index (χ0) is 16.1. The highest BCUT2D eigenvalue weighted by Crippen LogP contribution is 2.48. The Morgan fingerprint density at radius 2 is 1.90 bits per heavy atom. The van der Waals surface area contributed by atoms with Crippen molar-refractivity contribution in [2.75, 3.05) is 6.61 Å². The van der Waals surface area contributed by atoms with Crippen LogP contribution in [0.5, 0.6) is 0 Å². The second-order valence-electron chi connectivity index (χ2n) is 5.67. The molecule has 1 aromatic rings. The zero-order valence-electron chi connectivity index (χ0n) is 11.8. The fourth-order valence-electron chi connectivity index (χ4n) is 2.45. The number of thiocarbonyl (C=S) groups is 1. The number of hydrogen-bond acceptors (Lipinski definition) is 2. The second kappa shape index (κ2) is 5.21. The molecule has 0 spiro atoms. The summed E-state index contributed by atoms with van der Waals surface area (Å²) in [5.74, 6) is -4.13. The van der Waals surface area contributed by atoms with E-state index in [4.69, 9.17) is 17.0 Å². The summed E-state index contributed by atoms with van der Waals surface area (Å²) >= 11 is 8.20. The minimum atomic E-state index is -3.40. The lowest BCUT2D eigenvalue weighted by atomic mass is 9.78. The van der Waals surface area contributed by atoms with Gasteiger partial charge in [0.2, 0.25) is 0 Å². The van der Waals surface area contributed by atoms with Crippen molar-refractivity contribution in [3.63, 3.8) is 0 Å². The molecule has 0 unspecified atom stereocenters. The van der Waals surface area contributed by atoms with Crippen LogP contribution in [0.3, 0.4) is 0 Å². The minimum Gasteiger partial charge on any atom is -0.363 e. The molecule has 1 N–H and O–H groups in total. The van der Waals surface area contributed by atoms with Crippen LogP contribution in [0.2, 0.25) is 0 Å². The molecule has 1 heterocycles. The molecular formula is C14H15BrF3NOS. The summed E-state index contributed by atoms with van der Waals surface area (Å²) in [5, 5.41) is 2.58. The number of nitrogens with one attached hydrogen (secondary N) is 1. The molecule has 0 amide bonds. The molecule has 1 aromatic carbocycles. The van der Waals surface area contributed by atoms with Gasteiger partial charge in [0.1, 0.15) is 21.9 Å². The first-order valence-corrected chi connectivity index (χ1v) is 7.50. The van der Waals surface area contributed by atoms with Gasteiger partial charge < -0.3 is 10.1 Å². The maximum atomic E-state index is 15.0. The van der Waals surface area contributed by atoms with Crippen LogP contribution in [0.4, 0.5) is 13.2 Å². The van der Waals surface area contributed by atoms with Gasteiger partial charge in [0, 0.05) is 10.0 Å². The molecule has 21 heavy (non-hydrogen) atoms. The summed E-state index contributed by atoms with van der Waals surface area (Å²) in [6.45, 7) is 3.65. The van der Waals surface area contributed by atoms with E-state index in [2.05, 4.69) is 21.2 Å². The van der Waals surface area contributed by atoms with E-state index in [0.717, 1.165) is 6.07 Å². The predicted octanol–water partition coefficient (Wildman–Crippen LogP) is 4.16. The predicted molar refractivity (Wildman–Crippen MR) is 82.2 cm³/mol. The molecular weight excluding hydrogens is 367 g/mol. The van der Waals surface area contributed by atoms with Crippen molar-refractivity contribution in [3.05, 3.63) is 34.1 Å². The molecule has 1 fully saturated rings. The highest BCUT2D eigenvalue weighted by Gasteiger charge is 2.64. The van der Waals surface area contributed by atoms with E-state index >= 15 is 8.78 Å². The standard InChI is InChI=1S/C14H15BrF3NOS/c1-12(2)14(17,18)13(3,19-11(21)7-20-12)9-6-8(15)4-5-10(9)16/h4-6H,7H2,1-3H3,(H,19,21)/t13-/m1/s1. The maximum absolute atomic E-state index is 15.0. The van der Waals surface area contributed by atoms with Crippen LogP contribution < -0.4 is 5.32 Å². The molecule has 116 valence electrons. The van der Waals surface area contributed by atoms with Crippen molar-refractivity contribution in [1.29, 1.82) is 0 Å². The van der Waals surface area contributed by atoms with Crippen LogP contribution in [-0.4, -0.2) is 23.1 Å². The fraction of sp³-hybridized carbons (Fsp3) is 0.500. The average Bonchev–Trinajstić information content (AvgIpc) is 2.43. The van der Waals surface area contributed by atoms with Crippen molar-refractivity contribution in [3.8, 4) is 0 Å². The third kappa shape index (κ3) is 2.59. The zero-order valence-corrected chi connectivity index (χ0v) is 14.2. The lowest BCUT2D eigenvalue weighted by Crippen LogP contribution is -2.62. The summed E-state index contributed by atoms with van der Waals surface area (Å²) in [5.41, 5.74) is -3.98. The first-order chi connectivity index (χ1) is 9.51. The average molecular weight is 382 g/mol. The quantitative estimate of drug-likeness (QED) is 0.737. The molecule has 0 aliphatic carbocycles. The van der Waals surface area contributed by atoms with Crippen LogP contribution in [0.15, 0.2) is 22.7 Å². The van der Waals surface area contributed by atoms with Crippen molar-refractivity contribution >= 4 is 33.1 Å². The van der Waals surface area contributed by atoms with Gasteiger partial charge in [-0.05, 0) is 39.0 Å². The Kier molecular flexibility index (Phi) is 4.14. The normalized spacial score (nSPS) is 27.9. The number of benzene rings is 1. The van der Waals surface area contributed by atoms with Gasteiger partial charge in [-0.2, -0.15) is 0 Å². The van der Waals surface area contributed by atoms with E-state index in [0.29, 0.717) is 4.47 Å². The van der Waals surface area contributed by atoms with Gasteiger partial charge in [0.15, 0.2) is 0 Å². The molecule has 2 nitrogen and oxygen atoms in total. The highest BCUT2D eigenvalue weighted by molar-refractivity contribution is 9.10. The smallest absolute Gasteiger partial charge is 0.302 e. The van der Waals surface area contributed by atoms with Crippen molar-refractivity contribution in [1.82, 2.24) is 5.32 Å². The van der Waals surface area contributed by atoms with E-state index < -0.39 is 22.9 Å². The maximum Gasteiger partial charge on any atom is 0.302 e. The lowest BCUT2D eigenvalue weighted by Gasteiger charge is -2.43. The van der Waals surface area contributed by atoms with Crippen LogP contribution in [0, 0.1) is 5.82 Å². The Balaban J connectivity index is 2.70. The van der Waals surface area contributed by atoms with Gasteiger partial charge in [-0.3, -0.25) is 0 Å². The van der Waals surface area contributed by atoms with Crippen molar-refractivity contribution in [2.45, 2.75) is 37.8 Å². The Bertz CT molecular complexity index is 594. The van der Waals surface area contributed by atoms with Gasteiger partial charge in [-0.25, -0.2) is 13.2 Å². The van der Waals surface area contributed by atoms with Crippen LogP contribution in [-0.2, 0) is 10.3 Å². The summed E-state index contributed by atoms with van der Waals surface area (Å²) in [4.78, 5) is 0.113. The van der Waals surface area contributed by atoms with E-state index in [-0.39, 0.29) is 17.2 Å². The summed E-state index contributed by atoms with van der Waals surface area (Å²) < 4.78 is 50.0. The first-order valence-electron chi connectivity index (χ1n) is 6.29. The molecule has 0 saturated carbocycles. The van der Waals surface area contributed by atoms with E-state index in [9.17, 15) is 4.39 Å². The molecule has 1 aliphatic heterocycles. The van der Waals surface area contributed by atoms with Crippen molar-refractivity contribution < 1.29 is 17.9 Å². The van der Waals surface area contributed by atoms with Gasteiger partial charge >= 0.3 is 5.92 Å². The Hall–Kier alpha value is -0.660. The summed E-state index contributed by atoms with van der Waals surface area (Å²) in [6.07, 6.45) is 0. The van der Waals surface area contributed by atoms with E-state index in [1.807, 2.05) is 0 Å². The van der Waals surface area contributed by atoms with Gasteiger partial charge in [0.25, 0.3) is 0 Å².